The molecule has 0 amide bonds. The Hall–Kier alpha value is -8.32. The van der Waals surface area contributed by atoms with Crippen LogP contribution in [0.3, 0.4) is 0 Å². The van der Waals surface area contributed by atoms with Gasteiger partial charge in [-0.05, 0) is 151 Å². The van der Waals surface area contributed by atoms with Gasteiger partial charge in [0.2, 0.25) is 0 Å². The summed E-state index contributed by atoms with van der Waals surface area (Å²) in [6, 6.07) is 94.5. The topological polar surface area (TPSA) is 38.0 Å². The number of nitrogens with one attached hydrogen (secondary N) is 1. The van der Waals surface area contributed by atoms with Gasteiger partial charge in [-0.15, -0.1) is 22.7 Å². The third-order valence-corrected chi connectivity index (χ3v) is 16.2. The fourth-order valence-electron chi connectivity index (χ4n) is 9.69. The van der Waals surface area contributed by atoms with Gasteiger partial charge in [0.05, 0.1) is 0 Å². The van der Waals surface area contributed by atoms with E-state index in [0.717, 1.165) is 21.5 Å². The Balaban J connectivity index is 0.000000125. The summed E-state index contributed by atoms with van der Waals surface area (Å²) in [6.07, 6.45) is 0. The Bertz CT molecular complexity index is 4200. The third-order valence-electron chi connectivity index (χ3n) is 13.4. The number of nitrogens with two attached hydrogens (primary N) is 1. The highest BCUT2D eigenvalue weighted by atomic mass is 79.9. The number of halogens is 1. The summed E-state index contributed by atoms with van der Waals surface area (Å²) in [5.74, 6) is 0. The summed E-state index contributed by atoms with van der Waals surface area (Å²) in [5.41, 5.74) is 18.4. The standard InChI is InChI=1S/C34H23NS.C22H13BrS.C12H11N/c1-2-6-23(7-3-1)24-10-16-28(17-11-24)35-29-18-12-25(13-19-29)27-15-20-32-31(22-27)34-30-9-5-4-8-26(30)14-21-33(34)36-32;23-17-9-5-14(6-10-17)16-8-11-20-19(13-16)22-18-4-2-1-3-15(18)7-12-21(22)24-20;13-12-8-6-11(7-9-12)10-4-2-1-3-5-10/h1-22,35H;1-13H;1-9H,13H2. The molecule has 12 aromatic carbocycles. The van der Waals surface area contributed by atoms with Crippen LogP contribution in [0.1, 0.15) is 0 Å². The molecular weight excluding hydrogens is 989 g/mol. The zero-order valence-electron chi connectivity index (χ0n) is 39.7. The normalized spacial score (nSPS) is 11.1. The molecule has 14 rings (SSSR count). The fraction of sp³-hybridized carbons (Fsp3) is 0. The number of rotatable bonds is 6. The van der Waals surface area contributed by atoms with Gasteiger partial charge in [0.15, 0.2) is 0 Å². The van der Waals surface area contributed by atoms with Crippen molar-refractivity contribution in [2.24, 2.45) is 0 Å². The van der Waals surface area contributed by atoms with Crippen LogP contribution >= 0.6 is 38.6 Å². The highest BCUT2D eigenvalue weighted by Crippen LogP contribution is 2.42. The van der Waals surface area contributed by atoms with Crippen LogP contribution in [0.2, 0.25) is 0 Å². The summed E-state index contributed by atoms with van der Waals surface area (Å²) in [7, 11) is 0. The molecule has 0 aliphatic rings. The maximum Gasteiger partial charge on any atom is 0.0384 e. The summed E-state index contributed by atoms with van der Waals surface area (Å²) in [4.78, 5) is 0. The summed E-state index contributed by atoms with van der Waals surface area (Å²) >= 11 is 7.26. The first-order valence-corrected chi connectivity index (χ1v) is 26.8. The Morgan fingerprint density at radius 3 is 1.08 bits per heavy atom. The van der Waals surface area contributed by atoms with Crippen molar-refractivity contribution in [1.82, 2.24) is 0 Å². The molecule has 73 heavy (non-hydrogen) atoms. The maximum absolute atomic E-state index is 5.60. The average Bonchev–Trinajstić information content (AvgIpc) is 4.03. The highest BCUT2D eigenvalue weighted by molar-refractivity contribution is 9.10. The number of benzene rings is 12. The van der Waals surface area contributed by atoms with E-state index in [2.05, 4.69) is 240 Å². The van der Waals surface area contributed by atoms with E-state index in [1.165, 1.54) is 106 Å². The second-order valence-electron chi connectivity index (χ2n) is 18.1. The van der Waals surface area contributed by atoms with Crippen molar-refractivity contribution < 1.29 is 0 Å². The Labute approximate surface area is 441 Å². The molecule has 0 aliphatic heterocycles. The van der Waals surface area contributed by atoms with Crippen LogP contribution in [0.15, 0.2) is 271 Å². The molecule has 0 fully saturated rings. The first kappa shape index (κ1) is 45.8. The molecule has 2 heterocycles. The van der Waals surface area contributed by atoms with Gasteiger partial charge in [-0.2, -0.15) is 0 Å². The van der Waals surface area contributed by atoms with Gasteiger partial charge in [0, 0.05) is 61.9 Å². The van der Waals surface area contributed by atoms with Gasteiger partial charge in [0.25, 0.3) is 0 Å². The monoisotopic (exact) mass is 1030 g/mol. The second-order valence-corrected chi connectivity index (χ2v) is 21.2. The predicted molar refractivity (Wildman–Crippen MR) is 324 cm³/mol. The molecule has 5 heteroatoms. The van der Waals surface area contributed by atoms with E-state index in [1.54, 1.807) is 0 Å². The summed E-state index contributed by atoms with van der Waals surface area (Å²) < 4.78 is 6.50. The van der Waals surface area contributed by atoms with Crippen LogP contribution in [-0.2, 0) is 0 Å². The largest absolute Gasteiger partial charge is 0.399 e. The molecule has 348 valence electrons. The van der Waals surface area contributed by atoms with Crippen LogP contribution in [0.5, 0.6) is 0 Å². The van der Waals surface area contributed by atoms with Crippen molar-refractivity contribution in [1.29, 1.82) is 0 Å². The Kier molecular flexibility index (Phi) is 12.8. The van der Waals surface area contributed by atoms with E-state index in [-0.39, 0.29) is 0 Å². The van der Waals surface area contributed by atoms with Crippen molar-refractivity contribution in [3.63, 3.8) is 0 Å². The minimum atomic E-state index is 0.805. The lowest BCUT2D eigenvalue weighted by Crippen LogP contribution is -1.90. The van der Waals surface area contributed by atoms with Gasteiger partial charge in [-0.3, -0.25) is 0 Å². The Morgan fingerprint density at radius 1 is 0.288 bits per heavy atom. The first-order chi connectivity index (χ1) is 36.0. The molecule has 0 saturated heterocycles. The van der Waals surface area contributed by atoms with Gasteiger partial charge < -0.3 is 11.1 Å². The van der Waals surface area contributed by atoms with Crippen molar-refractivity contribution >= 4 is 118 Å². The molecule has 0 aliphatic carbocycles. The van der Waals surface area contributed by atoms with Gasteiger partial charge in [-0.25, -0.2) is 0 Å². The molecule has 0 unspecified atom stereocenters. The Morgan fingerprint density at radius 2 is 0.630 bits per heavy atom. The number of fused-ring (bicyclic) bond motifs is 10. The molecule has 0 bridgehead atoms. The van der Waals surface area contributed by atoms with E-state index in [0.29, 0.717) is 0 Å². The summed E-state index contributed by atoms with van der Waals surface area (Å²) in [6.45, 7) is 0. The molecule has 14 aromatic rings. The lowest BCUT2D eigenvalue weighted by atomic mass is 10.00. The van der Waals surface area contributed by atoms with E-state index in [4.69, 9.17) is 5.73 Å². The van der Waals surface area contributed by atoms with E-state index in [1.807, 2.05) is 71.2 Å². The van der Waals surface area contributed by atoms with Crippen LogP contribution in [-0.4, -0.2) is 0 Å². The molecular formula is C68H47BrN2S2. The van der Waals surface area contributed by atoms with Crippen LogP contribution in [0, 0.1) is 0 Å². The second kappa shape index (κ2) is 20.4. The van der Waals surface area contributed by atoms with Crippen molar-refractivity contribution in [2.45, 2.75) is 0 Å². The lowest BCUT2D eigenvalue weighted by molar-refractivity contribution is 1.54. The SMILES string of the molecule is Brc1ccc(-c2ccc3sc4ccc5ccccc5c4c3c2)cc1.Nc1ccc(-c2ccccc2)cc1.c1ccc(-c2ccc(Nc3ccc(-c4ccc5sc6ccc7ccccc7c6c5c4)cc3)cc2)cc1. The smallest absolute Gasteiger partial charge is 0.0384 e. The van der Waals surface area contributed by atoms with Crippen LogP contribution in [0.4, 0.5) is 17.1 Å². The zero-order valence-corrected chi connectivity index (χ0v) is 42.9. The van der Waals surface area contributed by atoms with Crippen LogP contribution < -0.4 is 11.1 Å². The number of hydrogen-bond acceptors (Lipinski definition) is 4. The molecule has 2 aromatic heterocycles. The molecule has 2 nitrogen and oxygen atoms in total. The minimum absolute atomic E-state index is 0.805. The van der Waals surface area contributed by atoms with Gasteiger partial charge in [0.1, 0.15) is 0 Å². The maximum atomic E-state index is 5.60. The predicted octanol–water partition coefficient (Wildman–Crippen LogP) is 20.9. The number of hydrogen-bond donors (Lipinski definition) is 2. The molecule has 3 N–H and O–H groups in total. The number of nitrogen functional groups attached to an aromatic ring is 1. The first-order valence-electron chi connectivity index (χ1n) is 24.4. The van der Waals surface area contributed by atoms with E-state index < -0.39 is 0 Å². The van der Waals surface area contributed by atoms with Crippen molar-refractivity contribution in [2.75, 3.05) is 11.1 Å². The highest BCUT2D eigenvalue weighted by Gasteiger charge is 2.12. The molecule has 0 atom stereocenters. The third kappa shape index (κ3) is 9.74. The molecule has 0 spiro atoms. The van der Waals surface area contributed by atoms with Gasteiger partial charge in [-0.1, -0.05) is 198 Å². The van der Waals surface area contributed by atoms with Crippen molar-refractivity contribution in [3.8, 4) is 44.5 Å². The van der Waals surface area contributed by atoms with Crippen LogP contribution in [0.25, 0.3) is 106 Å². The number of thiophene rings is 2. The number of anilines is 3. The zero-order chi connectivity index (χ0) is 49.1. The average molecular weight is 1040 g/mol. The molecule has 0 saturated carbocycles. The minimum Gasteiger partial charge on any atom is -0.399 e. The fourth-order valence-corrected chi connectivity index (χ4v) is 12.2. The molecule has 0 radical (unpaired) electrons. The quantitative estimate of drug-likeness (QED) is 0.163. The van der Waals surface area contributed by atoms with Gasteiger partial charge >= 0.3 is 0 Å². The van der Waals surface area contributed by atoms with E-state index >= 15 is 0 Å². The lowest BCUT2D eigenvalue weighted by Gasteiger charge is -2.09. The summed E-state index contributed by atoms with van der Waals surface area (Å²) in [5, 5.41) is 14.2. The van der Waals surface area contributed by atoms with Crippen molar-refractivity contribution in [3.05, 3.63) is 271 Å². The van der Waals surface area contributed by atoms with E-state index in [9.17, 15) is 0 Å².